The number of aliphatic imine (C=N–C) groups is 1. The predicted molar refractivity (Wildman–Crippen MR) is 116 cm³/mol. The third-order valence-electron chi connectivity index (χ3n) is 4.84. The minimum absolute atomic E-state index is 0. The van der Waals surface area contributed by atoms with Crippen molar-refractivity contribution in [2.45, 2.75) is 32.5 Å². The molecule has 2 N–H and O–H groups in total. The van der Waals surface area contributed by atoms with Gasteiger partial charge in [0.1, 0.15) is 6.04 Å². The van der Waals surface area contributed by atoms with Crippen molar-refractivity contribution in [3.63, 3.8) is 0 Å². The van der Waals surface area contributed by atoms with E-state index in [1.807, 2.05) is 4.90 Å². The summed E-state index contributed by atoms with van der Waals surface area (Å²) in [5.74, 6) is 0.726. The van der Waals surface area contributed by atoms with Crippen molar-refractivity contribution in [3.8, 4) is 0 Å². The highest BCUT2D eigenvalue weighted by Crippen LogP contribution is 2.25. The summed E-state index contributed by atoms with van der Waals surface area (Å²) in [5, 5.41) is 5.98. The first-order chi connectivity index (χ1) is 13.2. The summed E-state index contributed by atoms with van der Waals surface area (Å²) in [5.41, 5.74) is 0.787. The number of nitrogens with one attached hydrogen (secondary N) is 2. The first kappa shape index (κ1) is 25.5. The van der Waals surface area contributed by atoms with Crippen molar-refractivity contribution >= 4 is 35.8 Å². The van der Waals surface area contributed by atoms with Crippen LogP contribution in [-0.2, 0) is 0 Å². The molecule has 0 saturated carbocycles. The summed E-state index contributed by atoms with van der Waals surface area (Å²) in [6.07, 6.45) is -2.05. The molecular weight excluding hydrogens is 502 g/mol. The van der Waals surface area contributed by atoms with Gasteiger partial charge in [0.05, 0.1) is 6.26 Å². The van der Waals surface area contributed by atoms with Crippen molar-refractivity contribution in [1.82, 2.24) is 20.4 Å². The van der Waals surface area contributed by atoms with Crippen LogP contribution in [0.3, 0.4) is 0 Å². The van der Waals surface area contributed by atoms with Crippen LogP contribution in [0.4, 0.5) is 13.2 Å². The van der Waals surface area contributed by atoms with Gasteiger partial charge < -0.3 is 20.0 Å². The second-order valence-corrected chi connectivity index (χ2v) is 6.76. The van der Waals surface area contributed by atoms with Crippen molar-refractivity contribution in [3.05, 3.63) is 23.7 Å². The van der Waals surface area contributed by atoms with Crippen LogP contribution >= 0.6 is 24.0 Å². The van der Waals surface area contributed by atoms with Gasteiger partial charge in [-0.3, -0.25) is 14.7 Å². The van der Waals surface area contributed by atoms with Crippen molar-refractivity contribution < 1.29 is 22.4 Å². The van der Waals surface area contributed by atoms with Gasteiger partial charge in [0.15, 0.2) is 11.7 Å². The van der Waals surface area contributed by atoms with E-state index in [-0.39, 0.29) is 29.9 Å². The lowest BCUT2D eigenvalue weighted by Crippen LogP contribution is -2.56. The molecule has 1 unspecified atom stereocenters. The van der Waals surface area contributed by atoms with Gasteiger partial charge in [0.2, 0.25) is 0 Å². The number of halogens is 4. The highest BCUT2D eigenvalue weighted by atomic mass is 127. The smallest absolute Gasteiger partial charge is 0.403 e. The second kappa shape index (κ2) is 11.6. The summed E-state index contributed by atoms with van der Waals surface area (Å²) in [4.78, 5) is 19.5. The third-order valence-corrected chi connectivity index (χ3v) is 4.84. The Hall–Kier alpha value is -1.50. The van der Waals surface area contributed by atoms with Gasteiger partial charge in [-0.15, -0.1) is 24.0 Å². The van der Waals surface area contributed by atoms with Crippen LogP contribution in [0.1, 0.15) is 29.5 Å². The lowest BCUT2D eigenvalue weighted by molar-refractivity contribution is -0.181. The molecule has 1 aliphatic heterocycles. The predicted octanol–water partition coefficient (Wildman–Crippen LogP) is 2.47. The summed E-state index contributed by atoms with van der Waals surface area (Å²) in [6, 6.07) is 0.293. The average molecular weight is 531 g/mol. The fourth-order valence-electron chi connectivity index (χ4n) is 3.04. The number of nitrogens with zero attached hydrogens (tertiary/aromatic N) is 3. The highest BCUT2D eigenvalue weighted by Gasteiger charge is 2.41. The Morgan fingerprint density at radius 1 is 1.24 bits per heavy atom. The van der Waals surface area contributed by atoms with Gasteiger partial charge in [-0.1, -0.05) is 0 Å². The number of hydrogen-bond acceptors (Lipinski definition) is 4. The van der Waals surface area contributed by atoms with E-state index in [2.05, 4.69) is 15.6 Å². The molecule has 1 aliphatic rings. The molecule has 0 aliphatic carbocycles. The molecule has 11 heteroatoms. The van der Waals surface area contributed by atoms with E-state index in [4.69, 9.17) is 4.42 Å². The van der Waals surface area contributed by atoms with E-state index in [1.54, 1.807) is 20.0 Å². The third kappa shape index (κ3) is 7.36. The Morgan fingerprint density at radius 2 is 1.86 bits per heavy atom. The standard InChI is InChI=1S/C18H28F3N5O2.HI/c1-13-5-12-28-15(13)16(27)23-6-4-7-24-17(22-3)26-10-8-25(9-11-26)14(2)18(19,20)21;/h5,12,14H,4,6-11H2,1-3H3,(H,22,24)(H,23,27);1H. The molecule has 0 aromatic carbocycles. The van der Waals surface area contributed by atoms with Crippen LogP contribution in [0, 0.1) is 6.92 Å². The Kier molecular flexibility index (Phi) is 10.2. The fraction of sp³-hybridized carbons (Fsp3) is 0.667. The molecular formula is C18H29F3IN5O2. The van der Waals surface area contributed by atoms with E-state index in [0.29, 0.717) is 57.4 Å². The molecule has 1 aromatic rings. The molecule has 7 nitrogen and oxygen atoms in total. The topological polar surface area (TPSA) is 73.1 Å². The summed E-state index contributed by atoms with van der Waals surface area (Å²) < 4.78 is 43.6. The second-order valence-electron chi connectivity index (χ2n) is 6.76. The monoisotopic (exact) mass is 531 g/mol. The molecule has 1 saturated heterocycles. The minimum atomic E-state index is -4.21. The van der Waals surface area contributed by atoms with Gasteiger partial charge in [0, 0.05) is 51.9 Å². The number of hydrogen-bond donors (Lipinski definition) is 2. The molecule has 166 valence electrons. The van der Waals surface area contributed by atoms with Gasteiger partial charge >= 0.3 is 6.18 Å². The number of carbonyl (C=O) groups excluding carboxylic acids is 1. The maximum Gasteiger partial charge on any atom is 0.403 e. The molecule has 2 rings (SSSR count). The lowest BCUT2D eigenvalue weighted by Gasteiger charge is -2.39. The SMILES string of the molecule is CN=C(NCCCNC(=O)c1occc1C)N1CCN(C(C)C(F)(F)F)CC1.I. The van der Waals surface area contributed by atoms with Crippen LogP contribution in [0.25, 0.3) is 0 Å². The Balaban J connectivity index is 0.00000420. The van der Waals surface area contributed by atoms with Gasteiger partial charge in [-0.2, -0.15) is 13.2 Å². The minimum Gasteiger partial charge on any atom is -0.459 e. The van der Waals surface area contributed by atoms with Gasteiger partial charge in [-0.05, 0) is 26.3 Å². The number of piperazine rings is 1. The van der Waals surface area contributed by atoms with Crippen LogP contribution in [0.2, 0.25) is 0 Å². The van der Waals surface area contributed by atoms with Crippen LogP contribution in [0.15, 0.2) is 21.7 Å². The molecule has 1 aromatic heterocycles. The number of rotatable bonds is 6. The average Bonchev–Trinajstić information content (AvgIpc) is 3.09. The van der Waals surface area contributed by atoms with Crippen molar-refractivity contribution in [2.75, 3.05) is 46.3 Å². The number of alkyl halides is 3. The zero-order valence-corrected chi connectivity index (χ0v) is 19.2. The van der Waals surface area contributed by atoms with Gasteiger partial charge in [-0.25, -0.2) is 0 Å². The zero-order valence-electron chi connectivity index (χ0n) is 16.9. The van der Waals surface area contributed by atoms with E-state index >= 15 is 0 Å². The number of carbonyl (C=O) groups is 1. The maximum atomic E-state index is 12.8. The fourth-order valence-corrected chi connectivity index (χ4v) is 3.04. The highest BCUT2D eigenvalue weighted by molar-refractivity contribution is 14.0. The van der Waals surface area contributed by atoms with Crippen LogP contribution in [0.5, 0.6) is 0 Å². The van der Waals surface area contributed by atoms with Gasteiger partial charge in [0.25, 0.3) is 5.91 Å². The zero-order chi connectivity index (χ0) is 20.7. The maximum absolute atomic E-state index is 12.8. The Bertz CT molecular complexity index is 673. The van der Waals surface area contributed by atoms with Crippen molar-refractivity contribution in [2.24, 2.45) is 4.99 Å². The van der Waals surface area contributed by atoms with E-state index < -0.39 is 12.2 Å². The van der Waals surface area contributed by atoms with Crippen LogP contribution < -0.4 is 10.6 Å². The first-order valence-corrected chi connectivity index (χ1v) is 9.32. The van der Waals surface area contributed by atoms with Crippen molar-refractivity contribution in [1.29, 1.82) is 0 Å². The number of guanidine groups is 1. The summed E-state index contributed by atoms with van der Waals surface area (Å²) in [7, 11) is 1.65. The largest absolute Gasteiger partial charge is 0.459 e. The molecule has 0 radical (unpaired) electrons. The van der Waals surface area contributed by atoms with E-state index in [9.17, 15) is 18.0 Å². The molecule has 2 heterocycles. The summed E-state index contributed by atoms with van der Waals surface area (Å²) >= 11 is 0. The van der Waals surface area contributed by atoms with Crippen LogP contribution in [-0.4, -0.2) is 80.2 Å². The molecule has 29 heavy (non-hydrogen) atoms. The lowest BCUT2D eigenvalue weighted by atomic mass is 10.2. The molecule has 1 amide bonds. The quantitative estimate of drug-likeness (QED) is 0.256. The molecule has 0 bridgehead atoms. The Labute approximate surface area is 186 Å². The Morgan fingerprint density at radius 3 is 2.38 bits per heavy atom. The number of amides is 1. The normalized spacial score (nSPS) is 16.9. The number of furan rings is 1. The first-order valence-electron chi connectivity index (χ1n) is 9.32. The number of aryl methyl sites for hydroxylation is 1. The molecule has 0 spiro atoms. The van der Waals surface area contributed by atoms with E-state index in [1.165, 1.54) is 18.1 Å². The van der Waals surface area contributed by atoms with E-state index in [0.717, 1.165) is 5.56 Å². The molecule has 1 fully saturated rings. The molecule has 1 atom stereocenters. The summed E-state index contributed by atoms with van der Waals surface area (Å²) in [6.45, 7) is 5.69.